The minimum absolute atomic E-state index is 0.0940. The Morgan fingerprint density at radius 2 is 1.88 bits per heavy atom. The summed E-state index contributed by atoms with van der Waals surface area (Å²) in [5.41, 5.74) is 1.64. The molecule has 1 atom stereocenters. The van der Waals surface area contributed by atoms with Gasteiger partial charge >= 0.3 is 5.91 Å². The van der Waals surface area contributed by atoms with E-state index in [9.17, 15) is 14.7 Å². The van der Waals surface area contributed by atoms with Crippen LogP contribution in [-0.4, -0.2) is 21.8 Å². The first kappa shape index (κ1) is 16.7. The highest BCUT2D eigenvalue weighted by molar-refractivity contribution is 7.14. The summed E-state index contributed by atoms with van der Waals surface area (Å²) in [6.07, 6.45) is 1.59. The lowest BCUT2D eigenvalue weighted by atomic mass is 9.99. The normalized spacial score (nSPS) is 19.3. The van der Waals surface area contributed by atoms with Gasteiger partial charge in [-0.05, 0) is 18.4 Å². The van der Waals surface area contributed by atoms with Crippen LogP contribution in [0, 0.1) is 6.92 Å². The van der Waals surface area contributed by atoms with Crippen molar-refractivity contribution in [3.63, 3.8) is 0 Å². The summed E-state index contributed by atoms with van der Waals surface area (Å²) in [7, 11) is 0. The van der Waals surface area contributed by atoms with Crippen LogP contribution in [0.25, 0.3) is 5.76 Å². The van der Waals surface area contributed by atoms with E-state index >= 15 is 0 Å². The van der Waals surface area contributed by atoms with Gasteiger partial charge in [0, 0.05) is 22.0 Å². The molecule has 5 nitrogen and oxygen atoms in total. The minimum atomic E-state index is -0.698. The quantitative estimate of drug-likeness (QED) is 0.420. The van der Waals surface area contributed by atoms with Crippen molar-refractivity contribution >= 4 is 45.3 Å². The van der Waals surface area contributed by atoms with E-state index in [-0.39, 0.29) is 11.3 Å². The molecule has 1 unspecified atom stereocenters. The smallest absolute Gasteiger partial charge is 0.301 e. The van der Waals surface area contributed by atoms with Crippen molar-refractivity contribution in [1.29, 1.82) is 0 Å². The second kappa shape index (κ2) is 6.51. The molecule has 0 spiro atoms. The molecule has 130 valence electrons. The Labute approximate surface area is 157 Å². The number of Topliss-reactive ketones (excluding diaryl/α,β-unsaturated/α-hetero) is 1. The lowest BCUT2D eigenvalue weighted by molar-refractivity contribution is -0.132. The maximum absolute atomic E-state index is 12.8. The molecule has 0 radical (unpaired) electrons. The van der Waals surface area contributed by atoms with Crippen molar-refractivity contribution in [2.75, 3.05) is 4.90 Å². The van der Waals surface area contributed by atoms with Gasteiger partial charge in [-0.15, -0.1) is 22.7 Å². The highest BCUT2D eigenvalue weighted by atomic mass is 32.1. The van der Waals surface area contributed by atoms with Gasteiger partial charge in [0.05, 0.1) is 5.57 Å². The third-order valence-electron chi connectivity index (χ3n) is 4.21. The number of thiophene rings is 1. The minimum Gasteiger partial charge on any atom is -0.507 e. The maximum Gasteiger partial charge on any atom is 0.301 e. The molecule has 7 heteroatoms. The average molecular weight is 382 g/mol. The van der Waals surface area contributed by atoms with E-state index in [1.807, 2.05) is 36.6 Å². The molecule has 1 fully saturated rings. The van der Waals surface area contributed by atoms with Gasteiger partial charge < -0.3 is 5.11 Å². The second-order valence-electron chi connectivity index (χ2n) is 5.87. The van der Waals surface area contributed by atoms with E-state index in [1.54, 1.807) is 23.7 Å². The van der Waals surface area contributed by atoms with Crippen molar-refractivity contribution in [1.82, 2.24) is 4.98 Å². The van der Waals surface area contributed by atoms with Gasteiger partial charge in [-0.1, -0.05) is 35.9 Å². The first-order valence-electron chi connectivity index (χ1n) is 7.89. The summed E-state index contributed by atoms with van der Waals surface area (Å²) >= 11 is 2.71. The van der Waals surface area contributed by atoms with Crippen LogP contribution in [0.15, 0.2) is 58.9 Å². The van der Waals surface area contributed by atoms with E-state index in [4.69, 9.17) is 0 Å². The molecule has 1 amide bonds. The van der Waals surface area contributed by atoms with Gasteiger partial charge in [-0.2, -0.15) is 0 Å². The van der Waals surface area contributed by atoms with Crippen molar-refractivity contribution in [2.24, 2.45) is 0 Å². The van der Waals surface area contributed by atoms with Crippen molar-refractivity contribution in [3.05, 3.63) is 74.9 Å². The van der Waals surface area contributed by atoms with E-state index in [0.717, 1.165) is 10.4 Å². The molecule has 0 aliphatic carbocycles. The number of thiazole rings is 1. The van der Waals surface area contributed by atoms with Gasteiger partial charge in [-0.25, -0.2) is 4.98 Å². The zero-order valence-corrected chi connectivity index (χ0v) is 15.4. The Morgan fingerprint density at radius 3 is 2.50 bits per heavy atom. The molecule has 4 rings (SSSR count). The summed E-state index contributed by atoms with van der Waals surface area (Å²) in [5, 5.41) is 14.9. The summed E-state index contributed by atoms with van der Waals surface area (Å²) in [6, 6.07) is 10.2. The van der Waals surface area contributed by atoms with Crippen LogP contribution >= 0.6 is 22.7 Å². The number of hydrogen-bond acceptors (Lipinski definition) is 6. The van der Waals surface area contributed by atoms with Gasteiger partial charge in [0.15, 0.2) is 5.13 Å². The van der Waals surface area contributed by atoms with Crippen LogP contribution in [0.5, 0.6) is 0 Å². The Bertz CT molecular complexity index is 990. The van der Waals surface area contributed by atoms with Crippen molar-refractivity contribution in [3.8, 4) is 0 Å². The summed E-state index contributed by atoms with van der Waals surface area (Å²) in [4.78, 5) is 31.8. The highest BCUT2D eigenvalue weighted by Crippen LogP contribution is 2.43. The lowest BCUT2D eigenvalue weighted by Crippen LogP contribution is -2.28. The Hall–Kier alpha value is -2.77. The lowest BCUT2D eigenvalue weighted by Gasteiger charge is -2.21. The molecule has 0 bridgehead atoms. The Balaban J connectivity index is 1.92. The van der Waals surface area contributed by atoms with Gasteiger partial charge in [0.1, 0.15) is 11.8 Å². The van der Waals surface area contributed by atoms with Crippen molar-refractivity contribution in [2.45, 2.75) is 13.0 Å². The molecular weight excluding hydrogens is 368 g/mol. The van der Waals surface area contributed by atoms with Crippen LogP contribution in [0.2, 0.25) is 0 Å². The molecular formula is C19H14N2O3S2. The fourth-order valence-electron chi connectivity index (χ4n) is 2.95. The summed E-state index contributed by atoms with van der Waals surface area (Å²) in [5.74, 6) is -1.54. The van der Waals surface area contributed by atoms with Gasteiger partial charge in [0.25, 0.3) is 5.78 Å². The molecule has 1 aliphatic rings. The molecule has 0 saturated carbocycles. The zero-order valence-electron chi connectivity index (χ0n) is 13.7. The highest BCUT2D eigenvalue weighted by Gasteiger charge is 2.48. The molecule has 1 saturated heterocycles. The third kappa shape index (κ3) is 2.65. The van der Waals surface area contributed by atoms with Gasteiger partial charge in [-0.3, -0.25) is 14.5 Å². The topological polar surface area (TPSA) is 70.5 Å². The molecule has 2 aromatic heterocycles. The molecule has 1 N–H and O–H groups in total. The number of hydrogen-bond donors (Lipinski definition) is 1. The number of aromatic nitrogens is 1. The number of rotatable bonds is 3. The number of ketones is 1. The van der Waals surface area contributed by atoms with Crippen LogP contribution < -0.4 is 4.90 Å². The first-order valence-corrected chi connectivity index (χ1v) is 9.65. The van der Waals surface area contributed by atoms with Crippen molar-refractivity contribution < 1.29 is 14.7 Å². The Kier molecular flexibility index (Phi) is 4.18. The largest absolute Gasteiger partial charge is 0.507 e. The molecule has 26 heavy (non-hydrogen) atoms. The standard InChI is InChI=1S/C19H14N2O3S2/c1-11-4-6-12(7-5-11)16(22)14-15(13-3-2-9-25-13)21(18(24)17(14)23)19-20-8-10-26-19/h2-10,15,22H,1H3/b16-14+. The Morgan fingerprint density at radius 1 is 1.12 bits per heavy atom. The van der Waals surface area contributed by atoms with E-state index in [1.165, 1.54) is 27.6 Å². The molecule has 3 aromatic rings. The van der Waals surface area contributed by atoms with Gasteiger partial charge in [0.2, 0.25) is 0 Å². The van der Waals surface area contributed by atoms with E-state index < -0.39 is 17.7 Å². The number of anilines is 1. The third-order valence-corrected chi connectivity index (χ3v) is 5.90. The van der Waals surface area contributed by atoms with Crippen LogP contribution in [0.3, 0.4) is 0 Å². The number of aryl methyl sites for hydroxylation is 1. The zero-order chi connectivity index (χ0) is 18.3. The first-order chi connectivity index (χ1) is 12.6. The predicted octanol–water partition coefficient (Wildman–Crippen LogP) is 4.14. The number of nitrogens with zero attached hydrogens (tertiary/aromatic N) is 2. The van der Waals surface area contributed by atoms with E-state index in [0.29, 0.717) is 10.7 Å². The maximum atomic E-state index is 12.8. The molecule has 1 aliphatic heterocycles. The second-order valence-corrected chi connectivity index (χ2v) is 7.72. The number of amides is 1. The fraction of sp³-hybridized carbons (Fsp3) is 0.105. The number of carbonyl (C=O) groups is 2. The number of carbonyl (C=O) groups excluding carboxylic acids is 2. The SMILES string of the molecule is Cc1ccc(/C(O)=C2\C(=O)C(=O)N(c3nccs3)C2c2cccs2)cc1. The number of aliphatic hydroxyl groups is 1. The fourth-order valence-corrected chi connectivity index (χ4v) is 4.44. The van der Waals surface area contributed by atoms with Crippen LogP contribution in [0.1, 0.15) is 22.0 Å². The van der Waals surface area contributed by atoms with E-state index in [2.05, 4.69) is 4.98 Å². The monoisotopic (exact) mass is 382 g/mol. The predicted molar refractivity (Wildman–Crippen MR) is 102 cm³/mol. The summed E-state index contributed by atoms with van der Waals surface area (Å²) in [6.45, 7) is 1.94. The van der Waals surface area contributed by atoms with Crippen LogP contribution in [0.4, 0.5) is 5.13 Å². The molecule has 3 heterocycles. The van der Waals surface area contributed by atoms with Crippen LogP contribution in [-0.2, 0) is 9.59 Å². The molecule has 1 aromatic carbocycles. The summed E-state index contributed by atoms with van der Waals surface area (Å²) < 4.78 is 0. The average Bonchev–Trinajstić information content (AvgIpc) is 3.37. The number of benzene rings is 1. The number of aliphatic hydroxyl groups excluding tert-OH is 1.